The van der Waals surface area contributed by atoms with Crippen LogP contribution in [0, 0.1) is 11.8 Å². The molecule has 22 heavy (non-hydrogen) atoms. The van der Waals surface area contributed by atoms with E-state index in [0.717, 1.165) is 17.6 Å². The summed E-state index contributed by atoms with van der Waals surface area (Å²) in [4.78, 5) is 2.77. The molecule has 0 amide bonds. The highest BCUT2D eigenvalue weighted by Gasteiger charge is 2.45. The number of rotatable bonds is 4. The minimum Gasteiger partial charge on any atom is -0.497 e. The molecule has 1 aliphatic heterocycles. The van der Waals surface area contributed by atoms with E-state index in [4.69, 9.17) is 4.74 Å². The van der Waals surface area contributed by atoms with E-state index in [1.807, 2.05) is 0 Å². The van der Waals surface area contributed by atoms with Gasteiger partial charge in [0.05, 0.1) is 7.11 Å². The summed E-state index contributed by atoms with van der Waals surface area (Å²) in [6, 6.07) is 8.94. The molecule has 0 radical (unpaired) electrons. The van der Waals surface area contributed by atoms with Gasteiger partial charge in [-0.05, 0) is 68.2 Å². The van der Waals surface area contributed by atoms with E-state index in [1.165, 1.54) is 64.6 Å². The molecule has 2 aliphatic carbocycles. The fourth-order valence-corrected chi connectivity index (χ4v) is 4.96. The summed E-state index contributed by atoms with van der Waals surface area (Å²) in [6.07, 6.45) is 9.91. The normalized spacial score (nSPS) is 32.5. The summed E-state index contributed by atoms with van der Waals surface area (Å²) in [5.74, 6) is 2.89. The average Bonchev–Trinajstić information content (AvgIpc) is 3.39. The Labute approximate surface area is 134 Å². The summed E-state index contributed by atoms with van der Waals surface area (Å²) in [7, 11) is 1.79. The molecule has 2 atom stereocenters. The SMILES string of the molecule is COc1cccc(C23CCCCC2CN(CC2CC2)CC3)c1. The number of methoxy groups -OCH3 is 1. The molecule has 2 heteroatoms. The van der Waals surface area contributed by atoms with Crippen LogP contribution < -0.4 is 4.74 Å². The van der Waals surface area contributed by atoms with Crippen molar-refractivity contribution in [3.8, 4) is 5.75 Å². The van der Waals surface area contributed by atoms with Crippen LogP contribution in [0.4, 0.5) is 0 Å². The van der Waals surface area contributed by atoms with Crippen LogP contribution in [0.1, 0.15) is 50.5 Å². The summed E-state index contributed by atoms with van der Waals surface area (Å²) < 4.78 is 5.49. The molecule has 1 aromatic rings. The van der Waals surface area contributed by atoms with Gasteiger partial charge >= 0.3 is 0 Å². The van der Waals surface area contributed by atoms with Crippen LogP contribution in [0.2, 0.25) is 0 Å². The summed E-state index contributed by atoms with van der Waals surface area (Å²) in [5.41, 5.74) is 1.97. The minimum atomic E-state index is 0.423. The van der Waals surface area contributed by atoms with Gasteiger partial charge in [0.1, 0.15) is 5.75 Å². The molecule has 0 spiro atoms. The Morgan fingerprint density at radius 3 is 2.91 bits per heavy atom. The van der Waals surface area contributed by atoms with Crippen LogP contribution in [-0.2, 0) is 5.41 Å². The van der Waals surface area contributed by atoms with E-state index >= 15 is 0 Å². The number of hydrogen-bond donors (Lipinski definition) is 0. The van der Waals surface area contributed by atoms with E-state index in [1.54, 1.807) is 12.7 Å². The van der Waals surface area contributed by atoms with Gasteiger partial charge in [-0.2, -0.15) is 0 Å². The van der Waals surface area contributed by atoms with Crippen molar-refractivity contribution < 1.29 is 4.74 Å². The van der Waals surface area contributed by atoms with Crippen molar-refractivity contribution in [2.24, 2.45) is 11.8 Å². The lowest BCUT2D eigenvalue weighted by Gasteiger charge is -2.51. The van der Waals surface area contributed by atoms with Crippen molar-refractivity contribution in [3.63, 3.8) is 0 Å². The van der Waals surface area contributed by atoms with Crippen molar-refractivity contribution in [2.75, 3.05) is 26.7 Å². The Morgan fingerprint density at radius 2 is 2.09 bits per heavy atom. The van der Waals surface area contributed by atoms with Crippen molar-refractivity contribution in [1.82, 2.24) is 4.90 Å². The largest absolute Gasteiger partial charge is 0.497 e. The quantitative estimate of drug-likeness (QED) is 0.824. The number of hydrogen-bond acceptors (Lipinski definition) is 2. The van der Waals surface area contributed by atoms with Gasteiger partial charge < -0.3 is 9.64 Å². The zero-order chi connectivity index (χ0) is 15.0. The average molecular weight is 299 g/mol. The highest BCUT2D eigenvalue weighted by atomic mass is 16.5. The monoisotopic (exact) mass is 299 g/mol. The van der Waals surface area contributed by atoms with Crippen molar-refractivity contribution >= 4 is 0 Å². The highest BCUT2D eigenvalue weighted by Crippen LogP contribution is 2.50. The Kier molecular flexibility index (Phi) is 3.89. The molecule has 0 N–H and O–H groups in total. The van der Waals surface area contributed by atoms with E-state index < -0.39 is 0 Å². The molecule has 1 saturated heterocycles. The fraction of sp³-hybridized carbons (Fsp3) is 0.700. The highest BCUT2D eigenvalue weighted by molar-refractivity contribution is 5.35. The van der Waals surface area contributed by atoms with Crippen LogP contribution in [0.15, 0.2) is 24.3 Å². The molecule has 2 nitrogen and oxygen atoms in total. The molecule has 1 aromatic carbocycles. The second kappa shape index (κ2) is 5.88. The first kappa shape index (κ1) is 14.6. The lowest BCUT2D eigenvalue weighted by molar-refractivity contribution is 0.0537. The number of benzene rings is 1. The molecular formula is C20H29NO. The van der Waals surface area contributed by atoms with Crippen molar-refractivity contribution in [3.05, 3.63) is 29.8 Å². The number of nitrogens with zero attached hydrogens (tertiary/aromatic N) is 1. The maximum absolute atomic E-state index is 5.49. The molecule has 1 heterocycles. The maximum atomic E-state index is 5.49. The predicted octanol–water partition coefficient (Wildman–Crippen LogP) is 4.24. The summed E-state index contributed by atoms with van der Waals surface area (Å²) in [5, 5.41) is 0. The van der Waals surface area contributed by atoms with Gasteiger partial charge in [-0.1, -0.05) is 25.0 Å². The van der Waals surface area contributed by atoms with Gasteiger partial charge in [0.2, 0.25) is 0 Å². The first-order chi connectivity index (χ1) is 10.8. The van der Waals surface area contributed by atoms with Crippen molar-refractivity contribution in [2.45, 2.75) is 50.4 Å². The number of fused-ring (bicyclic) bond motifs is 1. The molecule has 2 unspecified atom stereocenters. The molecule has 2 saturated carbocycles. The summed E-state index contributed by atoms with van der Waals surface area (Å²) in [6.45, 7) is 3.99. The van der Waals surface area contributed by atoms with E-state index in [0.29, 0.717) is 5.41 Å². The third kappa shape index (κ3) is 2.67. The maximum Gasteiger partial charge on any atom is 0.119 e. The number of likely N-dealkylation sites (tertiary alicyclic amines) is 1. The predicted molar refractivity (Wildman–Crippen MR) is 90.4 cm³/mol. The molecule has 120 valence electrons. The van der Waals surface area contributed by atoms with Crippen LogP contribution in [0.3, 0.4) is 0 Å². The topological polar surface area (TPSA) is 12.5 Å². The number of ether oxygens (including phenoxy) is 1. The van der Waals surface area contributed by atoms with E-state index in [-0.39, 0.29) is 0 Å². The van der Waals surface area contributed by atoms with Gasteiger partial charge in [-0.25, -0.2) is 0 Å². The lowest BCUT2D eigenvalue weighted by atomic mass is 9.59. The Bertz CT molecular complexity index is 524. The molecule has 0 aromatic heterocycles. The minimum absolute atomic E-state index is 0.423. The Balaban J connectivity index is 1.59. The molecule has 3 fully saturated rings. The van der Waals surface area contributed by atoms with Gasteiger partial charge in [-0.15, -0.1) is 0 Å². The van der Waals surface area contributed by atoms with Gasteiger partial charge in [0.25, 0.3) is 0 Å². The fourth-order valence-electron chi connectivity index (χ4n) is 4.96. The smallest absolute Gasteiger partial charge is 0.119 e. The first-order valence-corrected chi connectivity index (χ1v) is 9.17. The second-order valence-electron chi connectivity index (χ2n) is 7.78. The lowest BCUT2D eigenvalue weighted by Crippen LogP contribution is -2.51. The standard InChI is InChI=1S/C20H29NO/c1-22-19-7-4-6-17(13-19)20-10-3-2-5-18(20)15-21(12-11-20)14-16-8-9-16/h4,6-7,13,16,18H,2-3,5,8-12,14-15H2,1H3. The third-order valence-electron chi connectivity index (χ3n) is 6.42. The van der Waals surface area contributed by atoms with Crippen LogP contribution in [0.25, 0.3) is 0 Å². The van der Waals surface area contributed by atoms with E-state index in [9.17, 15) is 0 Å². The Morgan fingerprint density at radius 1 is 1.18 bits per heavy atom. The summed E-state index contributed by atoms with van der Waals surface area (Å²) >= 11 is 0. The first-order valence-electron chi connectivity index (χ1n) is 9.17. The zero-order valence-electron chi connectivity index (χ0n) is 13.9. The van der Waals surface area contributed by atoms with Crippen LogP contribution in [-0.4, -0.2) is 31.6 Å². The third-order valence-corrected chi connectivity index (χ3v) is 6.42. The van der Waals surface area contributed by atoms with Gasteiger partial charge in [-0.3, -0.25) is 0 Å². The zero-order valence-corrected chi connectivity index (χ0v) is 13.9. The van der Waals surface area contributed by atoms with Crippen LogP contribution >= 0.6 is 0 Å². The molecule has 3 aliphatic rings. The molecular weight excluding hydrogens is 270 g/mol. The van der Waals surface area contributed by atoms with Crippen LogP contribution in [0.5, 0.6) is 5.75 Å². The second-order valence-corrected chi connectivity index (χ2v) is 7.78. The van der Waals surface area contributed by atoms with Gasteiger partial charge in [0, 0.05) is 18.5 Å². The number of piperidine rings is 1. The Hall–Kier alpha value is -1.02. The van der Waals surface area contributed by atoms with E-state index in [2.05, 4.69) is 29.2 Å². The van der Waals surface area contributed by atoms with Gasteiger partial charge in [0.15, 0.2) is 0 Å². The molecule has 4 rings (SSSR count). The van der Waals surface area contributed by atoms with Crippen molar-refractivity contribution in [1.29, 1.82) is 0 Å². The molecule has 0 bridgehead atoms.